The molecule has 27 heavy (non-hydrogen) atoms. The molecule has 0 spiro atoms. The number of amides is 2. The van der Waals surface area contributed by atoms with Crippen molar-refractivity contribution in [3.8, 4) is 0 Å². The Labute approximate surface area is 157 Å². The van der Waals surface area contributed by atoms with Crippen molar-refractivity contribution in [3.05, 3.63) is 65.2 Å². The van der Waals surface area contributed by atoms with E-state index in [-0.39, 0.29) is 23.7 Å². The Kier molecular flexibility index (Phi) is 5.54. The summed E-state index contributed by atoms with van der Waals surface area (Å²) in [7, 11) is 1.30. The van der Waals surface area contributed by atoms with Gasteiger partial charge in [-0.1, -0.05) is 35.9 Å². The van der Waals surface area contributed by atoms with E-state index in [1.165, 1.54) is 7.11 Å². The van der Waals surface area contributed by atoms with Crippen molar-refractivity contribution < 1.29 is 19.1 Å². The van der Waals surface area contributed by atoms with E-state index >= 15 is 0 Å². The summed E-state index contributed by atoms with van der Waals surface area (Å²) in [6.07, 6.45) is 0.530. The zero-order valence-electron chi connectivity index (χ0n) is 15.3. The Hall–Kier alpha value is -3.15. The van der Waals surface area contributed by atoms with Crippen LogP contribution in [0.1, 0.15) is 27.9 Å². The van der Waals surface area contributed by atoms with Gasteiger partial charge in [0.05, 0.1) is 24.5 Å². The fourth-order valence-corrected chi connectivity index (χ4v) is 2.99. The minimum atomic E-state index is -0.467. The molecule has 0 heterocycles. The van der Waals surface area contributed by atoms with Crippen LogP contribution in [0.5, 0.6) is 0 Å². The number of methoxy groups -OCH3 is 1. The standard InChI is InChI=1S/C21H22N2O4/c1-13-5-3-6-14(9-13)12-22-19(24)17-11-18(17)20(25)23-16-8-4-7-15(10-16)21(26)27-2/h3-10,17-18H,11-12H2,1-2H3,(H,22,24)(H,23,25). The molecule has 1 fully saturated rings. The normalized spacial score (nSPS) is 17.7. The van der Waals surface area contributed by atoms with E-state index in [0.29, 0.717) is 24.2 Å². The zero-order chi connectivity index (χ0) is 19.4. The highest BCUT2D eigenvalue weighted by Gasteiger charge is 2.47. The minimum absolute atomic E-state index is 0.111. The molecular weight excluding hydrogens is 344 g/mol. The first-order chi connectivity index (χ1) is 13.0. The van der Waals surface area contributed by atoms with E-state index in [4.69, 9.17) is 0 Å². The Morgan fingerprint density at radius 3 is 2.52 bits per heavy atom. The molecule has 140 valence electrons. The summed E-state index contributed by atoms with van der Waals surface area (Å²) in [5.41, 5.74) is 3.04. The van der Waals surface area contributed by atoms with Crippen LogP contribution in [0.25, 0.3) is 0 Å². The van der Waals surface area contributed by atoms with Gasteiger partial charge >= 0.3 is 5.97 Å². The van der Waals surface area contributed by atoms with Crippen LogP contribution in [0.3, 0.4) is 0 Å². The number of hydrogen-bond acceptors (Lipinski definition) is 4. The number of anilines is 1. The summed E-state index contributed by atoms with van der Waals surface area (Å²) in [4.78, 5) is 36.2. The Morgan fingerprint density at radius 2 is 1.78 bits per heavy atom. The van der Waals surface area contributed by atoms with E-state index < -0.39 is 5.97 Å². The second-order valence-electron chi connectivity index (χ2n) is 6.72. The van der Waals surface area contributed by atoms with Gasteiger partial charge in [-0.05, 0) is 37.1 Å². The van der Waals surface area contributed by atoms with Crippen LogP contribution < -0.4 is 10.6 Å². The fourth-order valence-electron chi connectivity index (χ4n) is 2.99. The molecule has 6 nitrogen and oxygen atoms in total. The maximum Gasteiger partial charge on any atom is 0.337 e. The summed E-state index contributed by atoms with van der Waals surface area (Å²) < 4.78 is 4.67. The van der Waals surface area contributed by atoms with Crippen LogP contribution in [0.2, 0.25) is 0 Å². The molecule has 1 aliphatic rings. The zero-order valence-corrected chi connectivity index (χ0v) is 15.3. The molecule has 0 aromatic heterocycles. The highest BCUT2D eigenvalue weighted by atomic mass is 16.5. The number of ether oxygens (including phenoxy) is 1. The van der Waals surface area contributed by atoms with E-state index in [1.54, 1.807) is 24.3 Å². The smallest absolute Gasteiger partial charge is 0.337 e. The number of carbonyl (C=O) groups is 3. The van der Waals surface area contributed by atoms with Crippen molar-refractivity contribution in [3.63, 3.8) is 0 Å². The fraction of sp³-hybridized carbons (Fsp3) is 0.286. The van der Waals surface area contributed by atoms with Gasteiger partial charge in [0.2, 0.25) is 11.8 Å². The summed E-state index contributed by atoms with van der Waals surface area (Å²) in [6, 6.07) is 14.5. The number of hydrogen-bond donors (Lipinski definition) is 2. The van der Waals surface area contributed by atoms with Crippen molar-refractivity contribution >= 4 is 23.5 Å². The lowest BCUT2D eigenvalue weighted by Gasteiger charge is -2.08. The average Bonchev–Trinajstić information content (AvgIpc) is 3.47. The van der Waals surface area contributed by atoms with Crippen LogP contribution in [0, 0.1) is 18.8 Å². The topological polar surface area (TPSA) is 84.5 Å². The molecule has 1 saturated carbocycles. The second-order valence-corrected chi connectivity index (χ2v) is 6.72. The van der Waals surface area contributed by atoms with Gasteiger partial charge < -0.3 is 15.4 Å². The van der Waals surface area contributed by atoms with Crippen molar-refractivity contribution in [1.29, 1.82) is 0 Å². The van der Waals surface area contributed by atoms with Crippen molar-refractivity contribution in [2.24, 2.45) is 11.8 Å². The van der Waals surface area contributed by atoms with Gasteiger partial charge in [-0.25, -0.2) is 4.79 Å². The Bertz CT molecular complexity index is 878. The number of esters is 1. The maximum atomic E-state index is 12.4. The van der Waals surface area contributed by atoms with Gasteiger partial charge in [-0.2, -0.15) is 0 Å². The first kappa shape index (κ1) is 18.6. The lowest BCUT2D eigenvalue weighted by Crippen LogP contribution is -2.27. The van der Waals surface area contributed by atoms with Gasteiger partial charge in [0, 0.05) is 12.2 Å². The summed E-state index contributed by atoms with van der Waals surface area (Å²) in [6.45, 7) is 2.45. The Balaban J connectivity index is 1.51. The molecule has 2 N–H and O–H groups in total. The molecule has 0 aliphatic heterocycles. The lowest BCUT2D eigenvalue weighted by molar-refractivity contribution is -0.125. The first-order valence-electron chi connectivity index (χ1n) is 8.80. The van der Waals surface area contributed by atoms with Crippen LogP contribution in [-0.4, -0.2) is 24.9 Å². The van der Waals surface area contributed by atoms with Crippen molar-refractivity contribution in [1.82, 2.24) is 5.32 Å². The molecule has 2 atom stereocenters. The molecule has 3 rings (SSSR count). The third-order valence-electron chi connectivity index (χ3n) is 4.56. The van der Waals surface area contributed by atoms with E-state index in [2.05, 4.69) is 15.4 Å². The van der Waals surface area contributed by atoms with Gasteiger partial charge in [0.25, 0.3) is 0 Å². The van der Waals surface area contributed by atoms with Crippen LogP contribution in [-0.2, 0) is 20.9 Å². The Morgan fingerprint density at radius 1 is 1.04 bits per heavy atom. The number of benzene rings is 2. The summed E-state index contributed by atoms with van der Waals surface area (Å²) in [5, 5.41) is 5.65. The third kappa shape index (κ3) is 4.73. The molecule has 2 aromatic carbocycles. The van der Waals surface area contributed by atoms with Gasteiger partial charge in [-0.3, -0.25) is 9.59 Å². The van der Waals surface area contributed by atoms with Crippen LogP contribution >= 0.6 is 0 Å². The highest BCUT2D eigenvalue weighted by Crippen LogP contribution is 2.39. The van der Waals surface area contributed by atoms with Crippen molar-refractivity contribution in [2.75, 3.05) is 12.4 Å². The molecule has 0 radical (unpaired) electrons. The van der Waals surface area contributed by atoms with Gasteiger partial charge in [-0.15, -0.1) is 0 Å². The molecule has 2 aromatic rings. The summed E-state index contributed by atoms with van der Waals surface area (Å²) >= 11 is 0. The third-order valence-corrected chi connectivity index (χ3v) is 4.56. The van der Waals surface area contributed by atoms with E-state index in [9.17, 15) is 14.4 Å². The molecule has 0 saturated heterocycles. The molecule has 0 bridgehead atoms. The molecular formula is C21H22N2O4. The molecule has 2 amide bonds. The number of rotatable bonds is 6. The van der Waals surface area contributed by atoms with E-state index in [0.717, 1.165) is 11.1 Å². The summed E-state index contributed by atoms with van der Waals surface area (Å²) in [5.74, 6) is -1.44. The van der Waals surface area contributed by atoms with Crippen LogP contribution in [0.4, 0.5) is 5.69 Å². The van der Waals surface area contributed by atoms with Gasteiger partial charge in [0.1, 0.15) is 0 Å². The van der Waals surface area contributed by atoms with Gasteiger partial charge in [0.15, 0.2) is 0 Å². The predicted molar refractivity (Wildman–Crippen MR) is 101 cm³/mol. The first-order valence-corrected chi connectivity index (χ1v) is 8.80. The number of carbonyl (C=O) groups excluding carboxylic acids is 3. The van der Waals surface area contributed by atoms with E-state index in [1.807, 2.05) is 31.2 Å². The minimum Gasteiger partial charge on any atom is -0.465 e. The second kappa shape index (κ2) is 8.03. The monoisotopic (exact) mass is 366 g/mol. The number of aryl methyl sites for hydroxylation is 1. The lowest BCUT2D eigenvalue weighted by atomic mass is 10.1. The highest BCUT2D eigenvalue weighted by molar-refractivity contribution is 6.00. The molecule has 1 aliphatic carbocycles. The molecule has 2 unspecified atom stereocenters. The average molecular weight is 366 g/mol. The SMILES string of the molecule is COC(=O)c1cccc(NC(=O)C2CC2C(=O)NCc2cccc(C)c2)c1. The quantitative estimate of drug-likeness (QED) is 0.770. The molecule has 6 heteroatoms. The maximum absolute atomic E-state index is 12.4. The number of nitrogens with one attached hydrogen (secondary N) is 2. The largest absolute Gasteiger partial charge is 0.465 e. The predicted octanol–water partition coefficient (Wildman–Crippen LogP) is 2.67. The van der Waals surface area contributed by atoms with Crippen LogP contribution in [0.15, 0.2) is 48.5 Å². The van der Waals surface area contributed by atoms with Crippen molar-refractivity contribution in [2.45, 2.75) is 19.9 Å².